The van der Waals surface area contributed by atoms with Crippen LogP contribution in [-0.2, 0) is 10.2 Å². The van der Waals surface area contributed by atoms with Crippen LogP contribution in [0.4, 0.5) is 11.5 Å². The number of hydrogen-bond acceptors (Lipinski definition) is 4. The summed E-state index contributed by atoms with van der Waals surface area (Å²) in [5.74, 6) is 0.124. The molecule has 31 heavy (non-hydrogen) atoms. The van der Waals surface area contributed by atoms with Gasteiger partial charge in [0.25, 0.3) is 5.91 Å². The van der Waals surface area contributed by atoms with Crippen LogP contribution in [-0.4, -0.2) is 21.8 Å². The van der Waals surface area contributed by atoms with Crippen molar-refractivity contribution in [1.82, 2.24) is 9.97 Å². The van der Waals surface area contributed by atoms with Crippen LogP contribution in [0.3, 0.4) is 0 Å². The Kier molecular flexibility index (Phi) is 5.55. The molecule has 0 bridgehead atoms. The van der Waals surface area contributed by atoms with Crippen molar-refractivity contribution in [1.29, 1.82) is 0 Å². The van der Waals surface area contributed by atoms with E-state index in [1.165, 1.54) is 11.8 Å². The van der Waals surface area contributed by atoms with Crippen LogP contribution in [0, 0.1) is 5.92 Å². The molecule has 1 aromatic carbocycles. The molecule has 6 nitrogen and oxygen atoms in total. The lowest BCUT2D eigenvalue weighted by Crippen LogP contribution is -2.16. The summed E-state index contributed by atoms with van der Waals surface area (Å²) in [5.41, 5.74) is 4.24. The molecule has 1 saturated carbocycles. The van der Waals surface area contributed by atoms with E-state index >= 15 is 0 Å². The van der Waals surface area contributed by atoms with Crippen LogP contribution < -0.4 is 10.6 Å². The predicted molar refractivity (Wildman–Crippen MR) is 122 cm³/mol. The molecule has 0 radical (unpaired) electrons. The lowest BCUT2D eigenvalue weighted by Gasteiger charge is -2.19. The summed E-state index contributed by atoms with van der Waals surface area (Å²) >= 11 is 0. The van der Waals surface area contributed by atoms with Crippen LogP contribution in [0.5, 0.6) is 0 Å². The fourth-order valence-corrected chi connectivity index (χ4v) is 3.30. The van der Waals surface area contributed by atoms with E-state index in [9.17, 15) is 9.59 Å². The lowest BCUT2D eigenvalue weighted by molar-refractivity contribution is -0.117. The number of carbonyl (C=O) groups excluding carboxylic acids is 2. The molecule has 0 atom stereocenters. The van der Waals surface area contributed by atoms with E-state index in [1.807, 2.05) is 6.07 Å². The molecule has 0 spiro atoms. The number of aromatic nitrogens is 2. The highest BCUT2D eigenvalue weighted by atomic mass is 16.2. The van der Waals surface area contributed by atoms with E-state index in [4.69, 9.17) is 0 Å². The SMILES string of the molecule is CC(C)(C)c1ccc(-c2ccncc2NC(=O)c2ccnc(NC(=O)C3CC3)c2)cc1. The van der Waals surface area contributed by atoms with Gasteiger partial charge in [0, 0.05) is 29.4 Å². The number of carbonyl (C=O) groups is 2. The van der Waals surface area contributed by atoms with Crippen molar-refractivity contribution in [2.45, 2.75) is 39.0 Å². The van der Waals surface area contributed by atoms with Crippen molar-refractivity contribution in [2.24, 2.45) is 5.92 Å². The highest BCUT2D eigenvalue weighted by Gasteiger charge is 2.29. The first-order chi connectivity index (χ1) is 14.8. The van der Waals surface area contributed by atoms with E-state index < -0.39 is 0 Å². The van der Waals surface area contributed by atoms with Gasteiger partial charge < -0.3 is 10.6 Å². The van der Waals surface area contributed by atoms with Gasteiger partial charge in [-0.25, -0.2) is 4.98 Å². The van der Waals surface area contributed by atoms with Gasteiger partial charge in [-0.2, -0.15) is 0 Å². The molecular weight excluding hydrogens is 388 g/mol. The Morgan fingerprint density at radius 3 is 2.39 bits per heavy atom. The monoisotopic (exact) mass is 414 g/mol. The van der Waals surface area contributed by atoms with E-state index in [0.717, 1.165) is 24.0 Å². The maximum Gasteiger partial charge on any atom is 0.255 e. The van der Waals surface area contributed by atoms with E-state index in [2.05, 4.69) is 65.6 Å². The zero-order valence-corrected chi connectivity index (χ0v) is 18.0. The van der Waals surface area contributed by atoms with Gasteiger partial charge in [-0.1, -0.05) is 45.0 Å². The Balaban J connectivity index is 1.54. The van der Waals surface area contributed by atoms with Crippen molar-refractivity contribution in [3.05, 3.63) is 72.2 Å². The molecule has 6 heteroatoms. The number of nitrogens with one attached hydrogen (secondary N) is 2. The fraction of sp³-hybridized carbons (Fsp3) is 0.280. The summed E-state index contributed by atoms with van der Waals surface area (Å²) in [6, 6.07) is 13.4. The second kappa shape index (κ2) is 8.30. The molecule has 2 N–H and O–H groups in total. The van der Waals surface area contributed by atoms with Crippen LogP contribution in [0.25, 0.3) is 11.1 Å². The molecular formula is C25H26N4O2. The summed E-state index contributed by atoms with van der Waals surface area (Å²) in [4.78, 5) is 33.2. The summed E-state index contributed by atoms with van der Waals surface area (Å²) < 4.78 is 0. The highest BCUT2D eigenvalue weighted by Crippen LogP contribution is 2.31. The average Bonchev–Trinajstić information content (AvgIpc) is 3.59. The first-order valence-corrected chi connectivity index (χ1v) is 10.4. The van der Waals surface area contributed by atoms with Gasteiger partial charge in [0.2, 0.25) is 5.91 Å². The van der Waals surface area contributed by atoms with Gasteiger partial charge in [0.05, 0.1) is 11.9 Å². The first kappa shape index (κ1) is 20.7. The highest BCUT2D eigenvalue weighted by molar-refractivity contribution is 6.07. The Hall–Kier alpha value is -3.54. The van der Waals surface area contributed by atoms with Gasteiger partial charge in [-0.05, 0) is 47.6 Å². The van der Waals surface area contributed by atoms with Crippen LogP contribution in [0.2, 0.25) is 0 Å². The van der Waals surface area contributed by atoms with Crippen LogP contribution in [0.1, 0.15) is 49.5 Å². The molecule has 1 fully saturated rings. The van der Waals surface area contributed by atoms with E-state index in [0.29, 0.717) is 17.1 Å². The predicted octanol–water partition coefficient (Wildman–Crippen LogP) is 5.04. The molecule has 2 heterocycles. The van der Waals surface area contributed by atoms with Crippen LogP contribution in [0.15, 0.2) is 61.1 Å². The largest absolute Gasteiger partial charge is 0.320 e. The van der Waals surface area contributed by atoms with Crippen molar-refractivity contribution in [2.75, 3.05) is 10.6 Å². The third-order valence-corrected chi connectivity index (χ3v) is 5.35. The van der Waals surface area contributed by atoms with E-state index in [-0.39, 0.29) is 23.1 Å². The normalized spacial score (nSPS) is 13.5. The molecule has 0 unspecified atom stereocenters. The summed E-state index contributed by atoms with van der Waals surface area (Å²) in [6.45, 7) is 6.53. The van der Waals surface area contributed by atoms with Crippen LogP contribution >= 0.6 is 0 Å². The topological polar surface area (TPSA) is 84.0 Å². The number of rotatable bonds is 5. The Bertz CT molecular complexity index is 1110. The number of amides is 2. The standard InChI is InChI=1S/C25H26N4O2/c1-25(2,3)19-8-6-16(7-9-19)20-11-12-26-15-21(20)28-24(31)18-10-13-27-22(14-18)29-23(30)17-4-5-17/h6-15,17H,4-5H2,1-3H3,(H,28,31)(H,27,29,30). The van der Waals surface area contributed by atoms with Crippen molar-refractivity contribution >= 4 is 23.3 Å². The summed E-state index contributed by atoms with van der Waals surface area (Å²) in [7, 11) is 0. The molecule has 3 aromatic rings. The number of pyridine rings is 2. The second-order valence-electron chi connectivity index (χ2n) is 8.90. The molecule has 0 aliphatic heterocycles. The third-order valence-electron chi connectivity index (χ3n) is 5.35. The Morgan fingerprint density at radius 1 is 0.968 bits per heavy atom. The lowest BCUT2D eigenvalue weighted by atomic mass is 9.86. The maximum absolute atomic E-state index is 12.9. The maximum atomic E-state index is 12.9. The van der Waals surface area contributed by atoms with Gasteiger partial charge >= 0.3 is 0 Å². The molecule has 1 aliphatic rings. The number of benzene rings is 1. The molecule has 2 aromatic heterocycles. The van der Waals surface area contributed by atoms with Crippen molar-refractivity contribution in [3.8, 4) is 11.1 Å². The zero-order chi connectivity index (χ0) is 22.0. The van der Waals surface area contributed by atoms with Crippen molar-refractivity contribution < 1.29 is 9.59 Å². The first-order valence-electron chi connectivity index (χ1n) is 10.4. The molecule has 158 valence electrons. The summed E-state index contributed by atoms with van der Waals surface area (Å²) in [6.07, 6.45) is 6.69. The molecule has 0 saturated heterocycles. The molecule has 1 aliphatic carbocycles. The minimum atomic E-state index is -0.287. The van der Waals surface area contributed by atoms with Crippen molar-refractivity contribution in [3.63, 3.8) is 0 Å². The second-order valence-corrected chi connectivity index (χ2v) is 8.90. The Labute approximate surface area is 182 Å². The third kappa shape index (κ3) is 4.97. The molecule has 2 amide bonds. The van der Waals surface area contributed by atoms with Gasteiger partial charge in [-0.3, -0.25) is 14.6 Å². The Morgan fingerprint density at radius 2 is 1.71 bits per heavy atom. The minimum absolute atomic E-state index is 0.0432. The fourth-order valence-electron chi connectivity index (χ4n) is 3.30. The summed E-state index contributed by atoms with van der Waals surface area (Å²) in [5, 5.41) is 5.72. The number of hydrogen-bond donors (Lipinski definition) is 2. The van der Waals surface area contributed by atoms with Gasteiger partial charge in [0.1, 0.15) is 5.82 Å². The quantitative estimate of drug-likeness (QED) is 0.612. The number of anilines is 2. The minimum Gasteiger partial charge on any atom is -0.320 e. The van der Waals surface area contributed by atoms with Gasteiger partial charge in [-0.15, -0.1) is 0 Å². The van der Waals surface area contributed by atoms with E-state index in [1.54, 1.807) is 24.5 Å². The smallest absolute Gasteiger partial charge is 0.255 e. The zero-order valence-electron chi connectivity index (χ0n) is 18.0. The average molecular weight is 415 g/mol. The molecule has 4 rings (SSSR count). The number of nitrogens with zero attached hydrogens (tertiary/aromatic N) is 2. The van der Waals surface area contributed by atoms with Gasteiger partial charge in [0.15, 0.2) is 0 Å².